The maximum Gasteiger partial charge on any atom is 0.224 e. The normalized spacial score (nSPS) is 18.4. The Labute approximate surface area is 158 Å². The number of halogens is 1. The summed E-state index contributed by atoms with van der Waals surface area (Å²) >= 11 is 0. The van der Waals surface area contributed by atoms with Crippen LogP contribution in [0.25, 0.3) is 0 Å². The molecule has 0 spiro atoms. The summed E-state index contributed by atoms with van der Waals surface area (Å²) in [6, 6.07) is 0. The van der Waals surface area contributed by atoms with E-state index in [0.717, 1.165) is 38.7 Å². The smallest absolute Gasteiger partial charge is 0.224 e. The Hall–Kier alpha value is -0.570. The number of hydrogen-bond donors (Lipinski definition) is 2. The van der Waals surface area contributed by atoms with E-state index >= 15 is 0 Å². The minimum Gasteiger partial charge on any atom is -0.357 e. The molecular formula is C16H34IN5O. The van der Waals surface area contributed by atoms with Crippen LogP contribution in [0, 0.1) is 5.92 Å². The van der Waals surface area contributed by atoms with E-state index in [1.54, 1.807) is 0 Å². The van der Waals surface area contributed by atoms with Gasteiger partial charge < -0.3 is 20.4 Å². The summed E-state index contributed by atoms with van der Waals surface area (Å²) in [5.74, 6) is 1.67. The van der Waals surface area contributed by atoms with Crippen molar-refractivity contribution in [3.05, 3.63) is 0 Å². The fraction of sp³-hybridized carbons (Fsp3) is 0.875. The molecule has 2 N–H and O–H groups in total. The summed E-state index contributed by atoms with van der Waals surface area (Å²) in [6.45, 7) is 12.2. The number of nitrogens with zero attached hydrogens (tertiary/aromatic N) is 3. The number of carbonyl (C=O) groups is 1. The maximum atomic E-state index is 12.0. The van der Waals surface area contributed by atoms with Crippen LogP contribution in [0.5, 0.6) is 0 Å². The van der Waals surface area contributed by atoms with Gasteiger partial charge in [-0.05, 0) is 46.7 Å². The van der Waals surface area contributed by atoms with Gasteiger partial charge in [0.15, 0.2) is 5.96 Å². The Morgan fingerprint density at radius 2 is 1.96 bits per heavy atom. The van der Waals surface area contributed by atoms with Crippen LogP contribution in [0.1, 0.15) is 33.6 Å². The highest BCUT2D eigenvalue weighted by atomic mass is 127. The molecule has 0 saturated carbocycles. The minimum absolute atomic E-state index is 0. The van der Waals surface area contributed by atoms with Crippen LogP contribution in [0.15, 0.2) is 4.99 Å². The summed E-state index contributed by atoms with van der Waals surface area (Å²) < 4.78 is 0. The van der Waals surface area contributed by atoms with Gasteiger partial charge in [0.1, 0.15) is 0 Å². The number of nitrogens with one attached hydrogen (secondary N) is 2. The molecule has 1 aliphatic rings. The highest BCUT2D eigenvalue weighted by Gasteiger charge is 2.18. The van der Waals surface area contributed by atoms with Crippen molar-refractivity contribution in [1.29, 1.82) is 0 Å². The molecule has 7 heteroatoms. The molecule has 0 aliphatic carbocycles. The molecule has 1 saturated heterocycles. The third-order valence-corrected chi connectivity index (χ3v) is 4.09. The van der Waals surface area contributed by atoms with Gasteiger partial charge in [-0.2, -0.15) is 0 Å². The van der Waals surface area contributed by atoms with Crippen LogP contribution in [0.2, 0.25) is 0 Å². The molecule has 0 radical (unpaired) electrons. The van der Waals surface area contributed by atoms with Crippen LogP contribution in [0.4, 0.5) is 0 Å². The van der Waals surface area contributed by atoms with Crippen molar-refractivity contribution in [2.45, 2.75) is 33.6 Å². The molecule has 0 bridgehead atoms. The molecule has 1 fully saturated rings. The molecule has 0 aromatic carbocycles. The first-order valence-corrected chi connectivity index (χ1v) is 8.59. The molecule has 1 amide bonds. The van der Waals surface area contributed by atoms with Gasteiger partial charge in [0, 0.05) is 45.7 Å². The van der Waals surface area contributed by atoms with Gasteiger partial charge in [-0.25, -0.2) is 0 Å². The van der Waals surface area contributed by atoms with Crippen LogP contribution in [0.3, 0.4) is 0 Å². The van der Waals surface area contributed by atoms with Crippen molar-refractivity contribution in [3.63, 3.8) is 0 Å². The van der Waals surface area contributed by atoms with E-state index in [9.17, 15) is 4.79 Å². The summed E-state index contributed by atoms with van der Waals surface area (Å²) in [6.07, 6.45) is 1.73. The van der Waals surface area contributed by atoms with Crippen LogP contribution in [-0.4, -0.2) is 74.5 Å². The molecule has 1 unspecified atom stereocenters. The highest BCUT2D eigenvalue weighted by molar-refractivity contribution is 14.0. The van der Waals surface area contributed by atoms with Crippen molar-refractivity contribution in [1.82, 2.24) is 20.4 Å². The first-order chi connectivity index (χ1) is 10.6. The quantitative estimate of drug-likeness (QED) is 0.341. The molecule has 1 rings (SSSR count). The first kappa shape index (κ1) is 22.4. The number of carbonyl (C=O) groups excluding carboxylic acids is 1. The van der Waals surface area contributed by atoms with Crippen molar-refractivity contribution in [2.75, 3.05) is 52.9 Å². The third kappa shape index (κ3) is 8.74. The molecule has 1 atom stereocenters. The Kier molecular flexibility index (Phi) is 12.5. The standard InChI is InChI=1S/C16H33N5O.HI/c1-5-17-16(19-12-14-9-11-20(4)13-14)18-10-8-15(22)21(6-2)7-3;/h14H,5-13H2,1-4H3,(H2,17,18,19);1H. The second-order valence-corrected chi connectivity index (χ2v) is 5.88. The molecule has 0 aromatic heterocycles. The van der Waals surface area contributed by atoms with Crippen molar-refractivity contribution in [3.8, 4) is 0 Å². The van der Waals surface area contributed by atoms with Crippen molar-refractivity contribution < 1.29 is 4.79 Å². The van der Waals surface area contributed by atoms with Crippen molar-refractivity contribution in [2.24, 2.45) is 10.9 Å². The Morgan fingerprint density at radius 1 is 1.26 bits per heavy atom. The highest BCUT2D eigenvalue weighted by Crippen LogP contribution is 2.14. The number of amides is 1. The van der Waals surface area contributed by atoms with E-state index in [-0.39, 0.29) is 29.9 Å². The van der Waals surface area contributed by atoms with Gasteiger partial charge in [0.05, 0.1) is 0 Å². The van der Waals surface area contributed by atoms with E-state index in [0.29, 0.717) is 18.9 Å². The van der Waals surface area contributed by atoms with Gasteiger partial charge in [0.2, 0.25) is 5.91 Å². The van der Waals surface area contributed by atoms with E-state index in [2.05, 4.69) is 34.5 Å². The monoisotopic (exact) mass is 439 g/mol. The van der Waals surface area contributed by atoms with Gasteiger partial charge in [-0.1, -0.05) is 0 Å². The van der Waals surface area contributed by atoms with Crippen LogP contribution in [-0.2, 0) is 4.79 Å². The molecule has 6 nitrogen and oxygen atoms in total. The maximum absolute atomic E-state index is 12.0. The van der Waals surface area contributed by atoms with Gasteiger partial charge >= 0.3 is 0 Å². The first-order valence-electron chi connectivity index (χ1n) is 8.59. The number of rotatable bonds is 8. The van der Waals surface area contributed by atoms with Gasteiger partial charge in [-0.15, -0.1) is 24.0 Å². The fourth-order valence-electron chi connectivity index (χ4n) is 2.76. The third-order valence-electron chi connectivity index (χ3n) is 4.09. The lowest BCUT2D eigenvalue weighted by Crippen LogP contribution is -2.40. The molecule has 136 valence electrons. The van der Waals surface area contributed by atoms with Gasteiger partial charge in [0.25, 0.3) is 0 Å². The topological polar surface area (TPSA) is 60.0 Å². The molecule has 1 aliphatic heterocycles. The zero-order valence-corrected chi connectivity index (χ0v) is 17.4. The predicted molar refractivity (Wildman–Crippen MR) is 108 cm³/mol. The number of aliphatic imine (C=N–C) groups is 1. The van der Waals surface area contributed by atoms with Crippen molar-refractivity contribution >= 4 is 35.8 Å². The summed E-state index contributed by atoms with van der Waals surface area (Å²) in [5, 5.41) is 6.52. The number of guanidine groups is 1. The van der Waals surface area contributed by atoms with Crippen LogP contribution >= 0.6 is 24.0 Å². The summed E-state index contributed by atoms with van der Waals surface area (Å²) in [5.41, 5.74) is 0. The lowest BCUT2D eigenvalue weighted by Gasteiger charge is -2.19. The lowest BCUT2D eigenvalue weighted by atomic mass is 10.1. The zero-order valence-electron chi connectivity index (χ0n) is 15.1. The Balaban J connectivity index is 0.00000484. The zero-order chi connectivity index (χ0) is 16.4. The summed E-state index contributed by atoms with van der Waals surface area (Å²) in [7, 11) is 2.16. The molecule has 23 heavy (non-hydrogen) atoms. The van der Waals surface area contributed by atoms with E-state index in [1.165, 1.54) is 13.0 Å². The largest absolute Gasteiger partial charge is 0.357 e. The summed E-state index contributed by atoms with van der Waals surface area (Å²) in [4.78, 5) is 20.8. The number of likely N-dealkylation sites (tertiary alicyclic amines) is 1. The lowest BCUT2D eigenvalue weighted by molar-refractivity contribution is -0.130. The van der Waals surface area contributed by atoms with E-state index in [4.69, 9.17) is 0 Å². The minimum atomic E-state index is 0. The SMILES string of the molecule is CCNC(=NCC1CCN(C)C1)NCCC(=O)N(CC)CC.I. The van der Waals surface area contributed by atoms with E-state index in [1.807, 2.05) is 18.7 Å². The Morgan fingerprint density at radius 3 is 2.48 bits per heavy atom. The second-order valence-electron chi connectivity index (χ2n) is 5.88. The Bertz CT molecular complexity index is 360. The van der Waals surface area contributed by atoms with Crippen LogP contribution < -0.4 is 10.6 Å². The molecular weight excluding hydrogens is 405 g/mol. The predicted octanol–water partition coefficient (Wildman–Crippen LogP) is 1.37. The average Bonchev–Trinajstić information content (AvgIpc) is 2.91. The molecule has 0 aromatic rings. The fourth-order valence-corrected chi connectivity index (χ4v) is 2.76. The molecule has 1 heterocycles. The average molecular weight is 439 g/mol. The number of hydrogen-bond acceptors (Lipinski definition) is 3. The van der Waals surface area contributed by atoms with E-state index < -0.39 is 0 Å². The second kappa shape index (κ2) is 12.8. The van der Waals surface area contributed by atoms with Gasteiger partial charge in [-0.3, -0.25) is 9.79 Å².